The highest BCUT2D eigenvalue weighted by Crippen LogP contribution is 2.30. The van der Waals surface area contributed by atoms with Gasteiger partial charge in [-0.25, -0.2) is 4.98 Å². The fraction of sp³-hybridized carbons (Fsp3) is 0.500. The van der Waals surface area contributed by atoms with Crippen LogP contribution in [-0.2, 0) is 4.79 Å². The highest BCUT2D eigenvalue weighted by molar-refractivity contribution is 6.20. The molecule has 1 aromatic heterocycles. The van der Waals surface area contributed by atoms with Crippen molar-refractivity contribution in [3.05, 3.63) is 29.6 Å². The van der Waals surface area contributed by atoms with Crippen molar-refractivity contribution in [3.63, 3.8) is 0 Å². The molecule has 2 unspecified atom stereocenters. The molecule has 0 aliphatic heterocycles. The lowest BCUT2D eigenvalue weighted by Gasteiger charge is -2.18. The number of rotatable bonds is 4. The summed E-state index contributed by atoms with van der Waals surface area (Å²) in [5, 5.41) is 2.81. The van der Waals surface area contributed by atoms with Crippen LogP contribution >= 0.6 is 11.6 Å². The van der Waals surface area contributed by atoms with Gasteiger partial charge < -0.3 is 9.88 Å². The summed E-state index contributed by atoms with van der Waals surface area (Å²) in [5.74, 6) is 0.788. The van der Waals surface area contributed by atoms with Crippen LogP contribution < -0.4 is 5.32 Å². The first-order valence-electron chi connectivity index (χ1n) is 7.41. The number of nitrogens with one attached hydrogen (secondary N) is 1. The predicted octanol–water partition coefficient (Wildman–Crippen LogP) is 3.48. The van der Waals surface area contributed by atoms with E-state index in [2.05, 4.69) is 10.3 Å². The summed E-state index contributed by atoms with van der Waals surface area (Å²) < 4.78 is 1.97. The maximum absolute atomic E-state index is 12.4. The van der Waals surface area contributed by atoms with Gasteiger partial charge in [0.05, 0.1) is 16.4 Å². The number of amides is 1. The van der Waals surface area contributed by atoms with Crippen LogP contribution in [0.4, 0.5) is 0 Å². The van der Waals surface area contributed by atoms with E-state index in [1.54, 1.807) is 0 Å². The number of para-hydroxylation sites is 1. The second kappa shape index (κ2) is 5.34. The van der Waals surface area contributed by atoms with Crippen molar-refractivity contribution < 1.29 is 4.79 Å². The molecule has 4 nitrogen and oxygen atoms in total. The fourth-order valence-electron chi connectivity index (χ4n) is 2.63. The Kier molecular flexibility index (Phi) is 3.66. The molecule has 1 aliphatic carbocycles. The molecule has 1 amide bonds. The van der Waals surface area contributed by atoms with E-state index < -0.39 is 0 Å². The Morgan fingerprint density at radius 3 is 2.76 bits per heavy atom. The number of hydrogen-bond acceptors (Lipinski definition) is 2. The lowest BCUT2D eigenvalue weighted by molar-refractivity contribution is -0.124. The third kappa shape index (κ3) is 2.64. The molecule has 1 aliphatic rings. The first kappa shape index (κ1) is 14.4. The number of carbonyl (C=O) groups is 1. The molecule has 5 heteroatoms. The van der Waals surface area contributed by atoms with E-state index in [0.717, 1.165) is 35.3 Å². The van der Waals surface area contributed by atoms with E-state index in [-0.39, 0.29) is 17.3 Å². The van der Waals surface area contributed by atoms with Gasteiger partial charge in [0.15, 0.2) is 0 Å². The second-order valence-electron chi connectivity index (χ2n) is 5.86. The summed E-state index contributed by atoms with van der Waals surface area (Å²) in [5.41, 5.74) is 2.99. The van der Waals surface area contributed by atoms with Crippen LogP contribution in [0.3, 0.4) is 0 Å². The average Bonchev–Trinajstić information content (AvgIpc) is 3.15. The number of hydrogen-bond donors (Lipinski definition) is 1. The molecule has 1 saturated carbocycles. The number of alkyl halides is 1. The van der Waals surface area contributed by atoms with Crippen LogP contribution in [0, 0.1) is 6.92 Å². The summed E-state index contributed by atoms with van der Waals surface area (Å²) in [4.78, 5) is 17.1. The van der Waals surface area contributed by atoms with Gasteiger partial charge in [-0.1, -0.05) is 12.1 Å². The molecule has 3 rings (SSSR count). The summed E-state index contributed by atoms with van der Waals surface area (Å²) in [7, 11) is 0. The summed E-state index contributed by atoms with van der Waals surface area (Å²) in [6.45, 7) is 5.82. The van der Waals surface area contributed by atoms with Crippen molar-refractivity contribution in [2.24, 2.45) is 0 Å². The zero-order valence-electron chi connectivity index (χ0n) is 12.6. The first-order chi connectivity index (χ1) is 9.99. The minimum absolute atomic E-state index is 0.0388. The number of carbonyl (C=O) groups excluding carboxylic acids is 1. The Hall–Kier alpha value is -1.55. The maximum Gasteiger partial charge on any atom is 0.243 e. The maximum atomic E-state index is 12.4. The second-order valence-corrected chi connectivity index (χ2v) is 6.51. The third-order valence-electron chi connectivity index (χ3n) is 4.00. The average molecular weight is 306 g/mol. The number of imidazole rings is 1. The number of aromatic nitrogens is 2. The highest BCUT2D eigenvalue weighted by Gasteiger charge is 2.29. The van der Waals surface area contributed by atoms with Crippen molar-refractivity contribution in [3.8, 4) is 0 Å². The van der Waals surface area contributed by atoms with Gasteiger partial charge in [-0.3, -0.25) is 4.79 Å². The molecular formula is C16H20ClN3O. The molecule has 2 atom stereocenters. The van der Waals surface area contributed by atoms with Gasteiger partial charge in [0.2, 0.25) is 5.91 Å². The SMILES string of the molecule is Cc1cccc2c1nc(C(C)Cl)n2C(C)C(=O)NC1CC1. The van der Waals surface area contributed by atoms with Crippen molar-refractivity contribution in [2.75, 3.05) is 0 Å². The van der Waals surface area contributed by atoms with E-state index in [9.17, 15) is 4.79 Å². The highest BCUT2D eigenvalue weighted by atomic mass is 35.5. The lowest BCUT2D eigenvalue weighted by Crippen LogP contribution is -2.33. The van der Waals surface area contributed by atoms with Crippen LogP contribution in [0.25, 0.3) is 11.0 Å². The molecule has 21 heavy (non-hydrogen) atoms. The molecule has 2 aromatic rings. The minimum atomic E-state index is -0.311. The van der Waals surface area contributed by atoms with Crippen LogP contribution in [0.1, 0.15) is 49.5 Å². The van der Waals surface area contributed by atoms with Crippen molar-refractivity contribution in [1.82, 2.24) is 14.9 Å². The molecule has 0 saturated heterocycles. The van der Waals surface area contributed by atoms with Crippen molar-refractivity contribution in [2.45, 2.75) is 51.1 Å². The molecule has 1 heterocycles. The molecule has 1 fully saturated rings. The molecule has 112 valence electrons. The van der Waals surface area contributed by atoms with Crippen LogP contribution in [0.5, 0.6) is 0 Å². The predicted molar refractivity (Wildman–Crippen MR) is 84.6 cm³/mol. The monoisotopic (exact) mass is 305 g/mol. The van der Waals surface area contributed by atoms with Gasteiger partial charge in [0.1, 0.15) is 11.9 Å². The van der Waals surface area contributed by atoms with Gasteiger partial charge in [0, 0.05) is 6.04 Å². The quantitative estimate of drug-likeness (QED) is 0.879. The van der Waals surface area contributed by atoms with E-state index >= 15 is 0 Å². The van der Waals surface area contributed by atoms with Crippen LogP contribution in [-0.4, -0.2) is 21.5 Å². The van der Waals surface area contributed by atoms with E-state index in [1.807, 2.05) is 43.5 Å². The van der Waals surface area contributed by atoms with Crippen LogP contribution in [0.2, 0.25) is 0 Å². The minimum Gasteiger partial charge on any atom is -0.352 e. The number of nitrogens with zero attached hydrogens (tertiary/aromatic N) is 2. The molecule has 0 bridgehead atoms. The summed E-state index contributed by atoms with van der Waals surface area (Å²) >= 11 is 6.28. The van der Waals surface area contributed by atoms with Gasteiger partial charge in [-0.05, 0) is 45.2 Å². The number of aryl methyl sites for hydroxylation is 1. The van der Waals surface area contributed by atoms with Gasteiger partial charge in [0.25, 0.3) is 0 Å². The Labute approximate surface area is 129 Å². The Bertz CT molecular complexity index is 688. The Morgan fingerprint density at radius 1 is 1.43 bits per heavy atom. The zero-order chi connectivity index (χ0) is 15.1. The van der Waals surface area contributed by atoms with E-state index in [0.29, 0.717) is 6.04 Å². The van der Waals surface area contributed by atoms with Crippen LogP contribution in [0.15, 0.2) is 18.2 Å². The normalized spacial score (nSPS) is 17.7. The summed E-state index contributed by atoms with van der Waals surface area (Å²) in [6.07, 6.45) is 2.17. The standard InChI is InChI=1S/C16H20ClN3O/c1-9-5-4-6-13-14(9)19-15(10(2)17)20(13)11(3)16(21)18-12-7-8-12/h4-6,10-12H,7-8H2,1-3H3,(H,18,21). The number of fused-ring (bicyclic) bond motifs is 1. The van der Waals surface area contributed by atoms with Gasteiger partial charge >= 0.3 is 0 Å². The number of benzene rings is 1. The molecule has 0 radical (unpaired) electrons. The largest absolute Gasteiger partial charge is 0.352 e. The lowest BCUT2D eigenvalue weighted by atomic mass is 10.2. The summed E-state index contributed by atoms with van der Waals surface area (Å²) in [6, 6.07) is 6.06. The first-order valence-corrected chi connectivity index (χ1v) is 7.84. The molecule has 0 spiro atoms. The zero-order valence-corrected chi connectivity index (χ0v) is 13.3. The fourth-order valence-corrected chi connectivity index (χ4v) is 2.78. The Balaban J connectivity index is 2.07. The molecular weight excluding hydrogens is 286 g/mol. The molecule has 1 aromatic carbocycles. The number of halogens is 1. The van der Waals surface area contributed by atoms with Gasteiger partial charge in [-0.15, -0.1) is 11.6 Å². The van der Waals surface area contributed by atoms with Crippen molar-refractivity contribution in [1.29, 1.82) is 0 Å². The van der Waals surface area contributed by atoms with E-state index in [1.165, 1.54) is 0 Å². The molecule has 1 N–H and O–H groups in total. The van der Waals surface area contributed by atoms with Gasteiger partial charge in [-0.2, -0.15) is 0 Å². The van der Waals surface area contributed by atoms with Crippen molar-refractivity contribution >= 4 is 28.5 Å². The topological polar surface area (TPSA) is 46.9 Å². The third-order valence-corrected chi connectivity index (χ3v) is 4.19. The smallest absolute Gasteiger partial charge is 0.243 e. The Morgan fingerprint density at radius 2 is 2.14 bits per heavy atom. The van der Waals surface area contributed by atoms with E-state index in [4.69, 9.17) is 11.6 Å².